The highest BCUT2D eigenvalue weighted by Crippen LogP contribution is 2.26. The summed E-state index contributed by atoms with van der Waals surface area (Å²) >= 11 is 0. The summed E-state index contributed by atoms with van der Waals surface area (Å²) in [7, 11) is -3.43. The van der Waals surface area contributed by atoms with Gasteiger partial charge < -0.3 is 10.0 Å². The number of amides is 1. The number of hydrogen-bond donors (Lipinski definition) is 1. The minimum absolute atomic E-state index is 0.343. The van der Waals surface area contributed by atoms with Gasteiger partial charge in [0.05, 0.1) is 5.25 Å². The zero-order chi connectivity index (χ0) is 14.0. The Morgan fingerprint density at radius 3 is 2.32 bits per heavy atom. The summed E-state index contributed by atoms with van der Waals surface area (Å²) in [6.07, 6.45) is 4.05. The highest BCUT2D eigenvalue weighted by Gasteiger charge is 2.37. The average Bonchev–Trinajstić information content (AvgIpc) is 3.00. The third-order valence-electron chi connectivity index (χ3n) is 3.99. The van der Waals surface area contributed by atoms with Crippen molar-refractivity contribution in [1.82, 2.24) is 4.90 Å². The maximum atomic E-state index is 12.1. The first kappa shape index (κ1) is 14.3. The Balaban J connectivity index is 2.02. The number of sulfone groups is 1. The molecule has 1 aliphatic heterocycles. The van der Waals surface area contributed by atoms with Gasteiger partial charge in [-0.25, -0.2) is 13.2 Å². The standard InChI is InChI=1S/C12H19NO5S/c14-11(13-7-3-6-10(13)12(15)16)8-19(17,18)9-4-1-2-5-9/h9-10H,1-8H2,(H,15,16)/t10-/m1/s1. The van der Waals surface area contributed by atoms with E-state index in [1.165, 1.54) is 4.90 Å². The van der Waals surface area contributed by atoms with Crippen LogP contribution in [0.4, 0.5) is 0 Å². The molecule has 1 amide bonds. The van der Waals surface area contributed by atoms with Crippen LogP contribution in [0.3, 0.4) is 0 Å². The maximum Gasteiger partial charge on any atom is 0.326 e. The van der Waals surface area contributed by atoms with E-state index in [-0.39, 0.29) is 0 Å². The Morgan fingerprint density at radius 1 is 1.11 bits per heavy atom. The van der Waals surface area contributed by atoms with Crippen molar-refractivity contribution in [2.24, 2.45) is 0 Å². The Labute approximate surface area is 112 Å². The van der Waals surface area contributed by atoms with Crippen molar-refractivity contribution in [1.29, 1.82) is 0 Å². The molecule has 19 heavy (non-hydrogen) atoms. The smallest absolute Gasteiger partial charge is 0.326 e. The number of carbonyl (C=O) groups is 2. The van der Waals surface area contributed by atoms with Crippen LogP contribution in [0.1, 0.15) is 38.5 Å². The van der Waals surface area contributed by atoms with Crippen molar-refractivity contribution in [2.45, 2.75) is 49.8 Å². The van der Waals surface area contributed by atoms with Gasteiger partial charge in [-0.1, -0.05) is 12.8 Å². The van der Waals surface area contributed by atoms with Crippen molar-refractivity contribution in [3.05, 3.63) is 0 Å². The lowest BCUT2D eigenvalue weighted by Gasteiger charge is -2.22. The Bertz CT molecular complexity index is 467. The second-order valence-electron chi connectivity index (χ2n) is 5.30. The first-order valence-corrected chi connectivity index (χ1v) is 8.37. The van der Waals surface area contributed by atoms with Crippen molar-refractivity contribution in [2.75, 3.05) is 12.3 Å². The number of carbonyl (C=O) groups excluding carboxylic acids is 1. The third kappa shape index (κ3) is 3.08. The largest absolute Gasteiger partial charge is 0.480 e. The monoisotopic (exact) mass is 289 g/mol. The predicted octanol–water partition coefficient (Wildman–Crippen LogP) is 0.419. The molecule has 0 radical (unpaired) electrons. The van der Waals surface area contributed by atoms with Gasteiger partial charge in [0.25, 0.3) is 0 Å². The van der Waals surface area contributed by atoms with E-state index in [9.17, 15) is 18.0 Å². The summed E-state index contributed by atoms with van der Waals surface area (Å²) in [6, 6.07) is -0.855. The molecular formula is C12H19NO5S. The molecule has 1 heterocycles. The molecule has 1 saturated carbocycles. The van der Waals surface area contributed by atoms with E-state index in [0.717, 1.165) is 12.8 Å². The molecule has 6 nitrogen and oxygen atoms in total. The van der Waals surface area contributed by atoms with Crippen LogP contribution >= 0.6 is 0 Å². The second kappa shape index (κ2) is 5.48. The van der Waals surface area contributed by atoms with E-state index in [2.05, 4.69) is 0 Å². The first-order chi connectivity index (χ1) is 8.92. The van der Waals surface area contributed by atoms with E-state index in [0.29, 0.717) is 32.2 Å². The molecule has 0 unspecified atom stereocenters. The molecule has 7 heteroatoms. The zero-order valence-corrected chi connectivity index (χ0v) is 11.6. The van der Waals surface area contributed by atoms with Gasteiger partial charge in [0, 0.05) is 6.54 Å². The number of hydrogen-bond acceptors (Lipinski definition) is 4. The van der Waals surface area contributed by atoms with Gasteiger partial charge >= 0.3 is 5.97 Å². The van der Waals surface area contributed by atoms with Crippen LogP contribution in [0.25, 0.3) is 0 Å². The molecule has 0 bridgehead atoms. The minimum atomic E-state index is -3.43. The molecule has 2 aliphatic rings. The molecular weight excluding hydrogens is 270 g/mol. The number of rotatable bonds is 4. The molecule has 1 N–H and O–H groups in total. The van der Waals surface area contributed by atoms with E-state index in [1.54, 1.807) is 0 Å². The van der Waals surface area contributed by atoms with E-state index >= 15 is 0 Å². The van der Waals surface area contributed by atoms with Gasteiger partial charge in [0.15, 0.2) is 9.84 Å². The topological polar surface area (TPSA) is 91.8 Å². The van der Waals surface area contributed by atoms with Crippen LogP contribution in [-0.4, -0.2) is 53.9 Å². The van der Waals surface area contributed by atoms with Crippen molar-refractivity contribution in [3.8, 4) is 0 Å². The highest BCUT2D eigenvalue weighted by molar-refractivity contribution is 7.92. The normalized spacial score (nSPS) is 24.8. The fourth-order valence-corrected chi connectivity index (χ4v) is 4.74. The summed E-state index contributed by atoms with van der Waals surface area (Å²) in [4.78, 5) is 24.2. The van der Waals surface area contributed by atoms with Crippen LogP contribution < -0.4 is 0 Å². The fraction of sp³-hybridized carbons (Fsp3) is 0.833. The molecule has 108 valence electrons. The fourth-order valence-electron chi connectivity index (χ4n) is 2.94. The number of likely N-dealkylation sites (tertiary alicyclic amines) is 1. The van der Waals surface area contributed by atoms with Crippen LogP contribution in [0, 0.1) is 0 Å². The average molecular weight is 289 g/mol. The van der Waals surface area contributed by atoms with Gasteiger partial charge in [0.2, 0.25) is 5.91 Å². The van der Waals surface area contributed by atoms with Crippen LogP contribution in [-0.2, 0) is 19.4 Å². The molecule has 2 fully saturated rings. The predicted molar refractivity (Wildman–Crippen MR) is 68.4 cm³/mol. The molecule has 2 rings (SSSR count). The van der Waals surface area contributed by atoms with E-state index in [1.807, 2.05) is 0 Å². The molecule has 0 spiro atoms. The zero-order valence-electron chi connectivity index (χ0n) is 10.7. The number of nitrogens with zero attached hydrogens (tertiary/aromatic N) is 1. The number of carboxylic acids is 1. The third-order valence-corrected chi connectivity index (χ3v) is 6.13. The maximum absolute atomic E-state index is 12.1. The van der Waals surface area contributed by atoms with Gasteiger partial charge in [-0.3, -0.25) is 4.79 Å². The summed E-state index contributed by atoms with van der Waals surface area (Å²) in [5.41, 5.74) is 0. The number of carboxylic acid groups (broad SMARTS) is 1. The molecule has 0 aromatic rings. The van der Waals surface area contributed by atoms with Gasteiger partial charge in [-0.05, 0) is 25.7 Å². The van der Waals surface area contributed by atoms with E-state index < -0.39 is 38.8 Å². The summed E-state index contributed by atoms with van der Waals surface area (Å²) in [5.74, 6) is -2.15. The number of aliphatic carboxylic acids is 1. The Kier molecular flexibility index (Phi) is 4.13. The molecule has 1 aliphatic carbocycles. The van der Waals surface area contributed by atoms with E-state index in [4.69, 9.17) is 5.11 Å². The quantitative estimate of drug-likeness (QED) is 0.809. The lowest BCUT2D eigenvalue weighted by molar-refractivity contribution is -0.147. The molecule has 1 atom stereocenters. The van der Waals surface area contributed by atoms with Crippen LogP contribution in [0.2, 0.25) is 0 Å². The van der Waals surface area contributed by atoms with Gasteiger partial charge in [-0.15, -0.1) is 0 Å². The Morgan fingerprint density at radius 2 is 1.74 bits per heavy atom. The lowest BCUT2D eigenvalue weighted by atomic mass is 10.2. The van der Waals surface area contributed by atoms with Gasteiger partial charge in [0.1, 0.15) is 11.8 Å². The molecule has 1 saturated heterocycles. The summed E-state index contributed by atoms with van der Waals surface area (Å²) in [5, 5.41) is 8.58. The second-order valence-corrected chi connectivity index (χ2v) is 7.58. The summed E-state index contributed by atoms with van der Waals surface area (Å²) in [6.45, 7) is 0.343. The Hall–Kier alpha value is -1.11. The first-order valence-electron chi connectivity index (χ1n) is 6.65. The van der Waals surface area contributed by atoms with Crippen molar-refractivity contribution < 1.29 is 23.1 Å². The minimum Gasteiger partial charge on any atom is -0.480 e. The molecule has 0 aromatic heterocycles. The van der Waals surface area contributed by atoms with Crippen molar-refractivity contribution >= 4 is 21.7 Å². The lowest BCUT2D eigenvalue weighted by Crippen LogP contribution is -2.44. The SMILES string of the molecule is O=C(O)[C@H]1CCCN1C(=O)CS(=O)(=O)C1CCCC1. The highest BCUT2D eigenvalue weighted by atomic mass is 32.2. The summed E-state index contributed by atoms with van der Waals surface area (Å²) < 4.78 is 24.2. The van der Waals surface area contributed by atoms with Crippen LogP contribution in [0.15, 0.2) is 0 Å². The van der Waals surface area contributed by atoms with Crippen molar-refractivity contribution in [3.63, 3.8) is 0 Å². The van der Waals surface area contributed by atoms with Gasteiger partial charge in [-0.2, -0.15) is 0 Å². The molecule has 0 aromatic carbocycles. The van der Waals surface area contributed by atoms with Crippen LogP contribution in [0.5, 0.6) is 0 Å².